The number of para-hydroxylation sites is 6. The van der Waals surface area contributed by atoms with E-state index in [0.717, 1.165) is 17.1 Å². The van der Waals surface area contributed by atoms with E-state index in [2.05, 4.69) is 226 Å². The molecular weight excluding hydrogens is 691 g/mol. The largest absolute Gasteiger partial charge is 0.309 e. The van der Waals surface area contributed by atoms with E-state index >= 15 is 0 Å². The normalized spacial score (nSPS) is 11.9. The lowest BCUT2D eigenvalue weighted by Crippen LogP contribution is -1.96. The van der Waals surface area contributed by atoms with Crippen LogP contribution < -0.4 is 0 Å². The van der Waals surface area contributed by atoms with Gasteiger partial charge in [-0.2, -0.15) is 0 Å². The Kier molecular flexibility index (Phi) is 6.93. The van der Waals surface area contributed by atoms with Crippen LogP contribution in [0.4, 0.5) is 0 Å². The Hall–Kier alpha value is -7.62. The van der Waals surface area contributed by atoms with Gasteiger partial charge in [-0.05, 0) is 83.4 Å². The molecule has 3 aromatic heterocycles. The molecule has 0 aliphatic rings. The van der Waals surface area contributed by atoms with E-state index in [9.17, 15) is 0 Å². The first-order valence-electron chi connectivity index (χ1n) is 19.6. The molecule has 0 aliphatic carbocycles. The summed E-state index contributed by atoms with van der Waals surface area (Å²) in [6.07, 6.45) is 0. The number of fused-ring (bicyclic) bond motifs is 9. The van der Waals surface area contributed by atoms with Crippen molar-refractivity contribution in [2.45, 2.75) is 0 Å². The van der Waals surface area contributed by atoms with E-state index < -0.39 is 0 Å². The van der Waals surface area contributed by atoms with E-state index in [4.69, 9.17) is 0 Å². The zero-order valence-electron chi connectivity index (χ0n) is 31.0. The molecule has 12 aromatic rings. The molecular formula is C54H35N3. The van der Waals surface area contributed by atoms with Crippen LogP contribution >= 0.6 is 0 Å². The zero-order valence-corrected chi connectivity index (χ0v) is 31.0. The average molecular weight is 726 g/mol. The number of hydrogen-bond acceptors (Lipinski definition) is 0. The third-order valence-corrected chi connectivity index (χ3v) is 11.8. The van der Waals surface area contributed by atoms with Crippen molar-refractivity contribution in [1.29, 1.82) is 0 Å². The predicted octanol–water partition coefficient (Wildman–Crippen LogP) is 14.3. The fourth-order valence-electron chi connectivity index (χ4n) is 9.41. The molecule has 3 nitrogen and oxygen atoms in total. The summed E-state index contributed by atoms with van der Waals surface area (Å²) < 4.78 is 7.27. The Labute approximate surface area is 329 Å². The van der Waals surface area contributed by atoms with Crippen LogP contribution in [0, 0.1) is 0 Å². The van der Waals surface area contributed by atoms with E-state index in [1.54, 1.807) is 0 Å². The highest BCUT2D eigenvalue weighted by Crippen LogP contribution is 2.47. The summed E-state index contributed by atoms with van der Waals surface area (Å²) in [4.78, 5) is 0. The first-order valence-corrected chi connectivity index (χ1v) is 19.6. The predicted molar refractivity (Wildman–Crippen MR) is 240 cm³/mol. The van der Waals surface area contributed by atoms with Crippen molar-refractivity contribution >= 4 is 65.4 Å². The van der Waals surface area contributed by atoms with Crippen LogP contribution in [-0.2, 0) is 0 Å². The first kappa shape index (κ1) is 31.7. The number of rotatable bonds is 5. The van der Waals surface area contributed by atoms with Crippen LogP contribution in [0.2, 0.25) is 0 Å². The third kappa shape index (κ3) is 4.73. The number of hydrogen-bond donors (Lipinski definition) is 0. The molecule has 0 radical (unpaired) electrons. The molecule has 0 amide bonds. The molecule has 0 saturated heterocycles. The van der Waals surface area contributed by atoms with Crippen LogP contribution in [0.3, 0.4) is 0 Å². The van der Waals surface area contributed by atoms with Gasteiger partial charge in [0.25, 0.3) is 0 Å². The third-order valence-electron chi connectivity index (χ3n) is 11.8. The quantitative estimate of drug-likeness (QED) is 0.168. The van der Waals surface area contributed by atoms with Gasteiger partial charge in [0.1, 0.15) is 0 Å². The Balaban J connectivity index is 1.14. The standard InChI is InChI=1S/C54H35N3/c1-4-16-39(17-5-1)55-46-25-13-10-22-42(46)43-33-32-38(34-49(43)55)36-28-30-37(31-29-36)52-53-44-23-11-14-26-47(44)56(40-18-6-2-7-19-40)50(53)35-51-54(52)45-24-12-15-27-48(45)57(51)41-20-8-3-9-21-41/h1-35H. The maximum atomic E-state index is 2.44. The van der Waals surface area contributed by atoms with E-state index in [-0.39, 0.29) is 0 Å². The summed E-state index contributed by atoms with van der Waals surface area (Å²) in [5.74, 6) is 0. The first-order chi connectivity index (χ1) is 28.3. The van der Waals surface area contributed by atoms with E-state index in [1.807, 2.05) is 0 Å². The summed E-state index contributed by atoms with van der Waals surface area (Å²) in [6, 6.07) is 77.4. The van der Waals surface area contributed by atoms with Crippen molar-refractivity contribution in [3.05, 3.63) is 212 Å². The summed E-state index contributed by atoms with van der Waals surface area (Å²) in [7, 11) is 0. The van der Waals surface area contributed by atoms with Crippen molar-refractivity contribution in [2.24, 2.45) is 0 Å². The number of benzene rings is 9. The molecule has 3 heterocycles. The van der Waals surface area contributed by atoms with Gasteiger partial charge in [0.2, 0.25) is 0 Å². The molecule has 0 aliphatic heterocycles. The maximum Gasteiger partial charge on any atom is 0.0568 e. The molecule has 0 N–H and O–H groups in total. The lowest BCUT2D eigenvalue weighted by Gasteiger charge is -2.13. The van der Waals surface area contributed by atoms with E-state index in [0.29, 0.717) is 0 Å². The average Bonchev–Trinajstić information content (AvgIpc) is 3.92. The Bertz CT molecular complexity index is 3350. The Morgan fingerprint density at radius 1 is 0.228 bits per heavy atom. The van der Waals surface area contributed by atoms with Gasteiger partial charge in [-0.15, -0.1) is 0 Å². The Morgan fingerprint density at radius 3 is 1.11 bits per heavy atom. The second-order valence-electron chi connectivity index (χ2n) is 14.9. The van der Waals surface area contributed by atoms with Gasteiger partial charge in [-0.25, -0.2) is 0 Å². The molecule has 0 atom stereocenters. The summed E-state index contributed by atoms with van der Waals surface area (Å²) in [5.41, 5.74) is 15.5. The van der Waals surface area contributed by atoms with Crippen molar-refractivity contribution in [1.82, 2.24) is 13.7 Å². The minimum atomic E-state index is 1.15. The summed E-state index contributed by atoms with van der Waals surface area (Å²) >= 11 is 0. The van der Waals surface area contributed by atoms with Gasteiger partial charge in [-0.1, -0.05) is 146 Å². The van der Waals surface area contributed by atoms with Gasteiger partial charge in [0, 0.05) is 54.9 Å². The van der Waals surface area contributed by atoms with Gasteiger partial charge >= 0.3 is 0 Å². The zero-order chi connectivity index (χ0) is 37.5. The second-order valence-corrected chi connectivity index (χ2v) is 14.9. The highest BCUT2D eigenvalue weighted by atomic mass is 15.0. The minimum absolute atomic E-state index is 1.15. The topological polar surface area (TPSA) is 14.8 Å². The van der Waals surface area contributed by atoms with Gasteiger partial charge in [-0.3, -0.25) is 0 Å². The SMILES string of the molecule is c1ccc(-n2c3ccccc3c3ccc(-c4ccc(-c5c6c7ccccc7n(-c7ccccc7)c6cc6c5c5ccccc5n6-c5ccccc5)cc4)cc32)cc1. The summed E-state index contributed by atoms with van der Waals surface area (Å²) in [6.45, 7) is 0. The van der Waals surface area contributed by atoms with Gasteiger partial charge in [0.15, 0.2) is 0 Å². The lowest BCUT2D eigenvalue weighted by molar-refractivity contribution is 1.16. The van der Waals surface area contributed by atoms with Crippen LogP contribution in [-0.4, -0.2) is 13.7 Å². The van der Waals surface area contributed by atoms with Crippen molar-refractivity contribution < 1.29 is 0 Å². The molecule has 0 unspecified atom stereocenters. The molecule has 0 bridgehead atoms. The van der Waals surface area contributed by atoms with Crippen LogP contribution in [0.25, 0.3) is 105 Å². The molecule has 0 saturated carbocycles. The Morgan fingerprint density at radius 2 is 0.596 bits per heavy atom. The second kappa shape index (κ2) is 12.5. The van der Waals surface area contributed by atoms with Gasteiger partial charge in [0.05, 0.1) is 33.1 Å². The van der Waals surface area contributed by atoms with Gasteiger partial charge < -0.3 is 13.7 Å². The smallest absolute Gasteiger partial charge is 0.0568 e. The fraction of sp³-hybridized carbons (Fsp3) is 0. The molecule has 12 rings (SSSR count). The summed E-state index contributed by atoms with van der Waals surface area (Å²) in [5, 5.41) is 7.54. The maximum absolute atomic E-state index is 2.44. The van der Waals surface area contributed by atoms with Crippen molar-refractivity contribution in [3.8, 4) is 39.3 Å². The molecule has 3 heteroatoms. The highest BCUT2D eigenvalue weighted by Gasteiger charge is 2.24. The highest BCUT2D eigenvalue weighted by molar-refractivity contribution is 6.28. The molecule has 266 valence electrons. The molecule has 57 heavy (non-hydrogen) atoms. The van der Waals surface area contributed by atoms with Crippen LogP contribution in [0.1, 0.15) is 0 Å². The number of nitrogens with zero attached hydrogens (tertiary/aromatic N) is 3. The fourth-order valence-corrected chi connectivity index (χ4v) is 9.41. The van der Waals surface area contributed by atoms with Crippen molar-refractivity contribution in [2.75, 3.05) is 0 Å². The molecule has 9 aromatic carbocycles. The minimum Gasteiger partial charge on any atom is -0.309 e. The van der Waals surface area contributed by atoms with Crippen molar-refractivity contribution in [3.63, 3.8) is 0 Å². The van der Waals surface area contributed by atoms with E-state index in [1.165, 1.54) is 87.7 Å². The van der Waals surface area contributed by atoms with Crippen LogP contribution in [0.5, 0.6) is 0 Å². The monoisotopic (exact) mass is 725 g/mol. The lowest BCUT2D eigenvalue weighted by atomic mass is 9.92. The molecule has 0 fully saturated rings. The number of aromatic nitrogens is 3. The van der Waals surface area contributed by atoms with Crippen LogP contribution in [0.15, 0.2) is 212 Å². The molecule has 0 spiro atoms.